The summed E-state index contributed by atoms with van der Waals surface area (Å²) in [7, 11) is 0. The summed E-state index contributed by atoms with van der Waals surface area (Å²) in [4.78, 5) is 39.2. The lowest BCUT2D eigenvalue weighted by Crippen LogP contribution is -2.41. The van der Waals surface area contributed by atoms with Crippen LogP contribution in [0, 0.1) is 0 Å². The van der Waals surface area contributed by atoms with Gasteiger partial charge < -0.3 is 14.2 Å². The van der Waals surface area contributed by atoms with Gasteiger partial charge in [0.25, 0.3) is 0 Å². The normalized spacial score (nSPS) is 19.7. The first-order valence-corrected chi connectivity index (χ1v) is 15.1. The molecule has 1 fully saturated rings. The summed E-state index contributed by atoms with van der Waals surface area (Å²) in [6, 6.07) is 36.1. The first-order chi connectivity index (χ1) is 20.1. The van der Waals surface area contributed by atoms with E-state index in [1.807, 2.05) is 48.5 Å². The van der Waals surface area contributed by atoms with Crippen molar-refractivity contribution in [2.24, 2.45) is 0 Å². The number of rotatable bonds is 10. The van der Waals surface area contributed by atoms with Gasteiger partial charge in [0.05, 0.1) is 26.5 Å². The van der Waals surface area contributed by atoms with Gasteiger partial charge in [-0.25, -0.2) is 14.4 Å². The van der Waals surface area contributed by atoms with E-state index in [-0.39, 0.29) is 11.2 Å². The standard InChI is InChI=1S/C33H28O6S2/c34-30(24-15-7-2-8-16-24)37-21-27-28(38-31(35)25-17-9-3-10-18-25)29(39-32(36)26-19-11-4-12-20-26)33(41-27)40-22-23-13-5-1-6-14-23/h1-20,27-29,33H,21-22H2/t27-,28-,29-,33-/m1/s1. The molecular formula is C33H28O6S2. The van der Waals surface area contributed by atoms with Crippen molar-refractivity contribution < 1.29 is 28.6 Å². The van der Waals surface area contributed by atoms with Crippen LogP contribution in [-0.4, -0.2) is 46.6 Å². The molecule has 1 aliphatic rings. The van der Waals surface area contributed by atoms with E-state index in [9.17, 15) is 14.4 Å². The van der Waals surface area contributed by atoms with Crippen molar-refractivity contribution in [1.82, 2.24) is 0 Å². The minimum Gasteiger partial charge on any atom is -0.461 e. The molecule has 4 aromatic rings. The van der Waals surface area contributed by atoms with E-state index in [4.69, 9.17) is 14.2 Å². The molecule has 4 atom stereocenters. The van der Waals surface area contributed by atoms with E-state index in [0.29, 0.717) is 22.4 Å². The summed E-state index contributed by atoms with van der Waals surface area (Å²) in [6.45, 7) is -0.0209. The summed E-state index contributed by atoms with van der Waals surface area (Å²) in [5.74, 6) is -0.861. The SMILES string of the molecule is O=C(OC[C@H]1S[C@@H](SCc2ccccc2)[C@H](OC(=O)c2ccccc2)[C@@H]1OC(=O)c1ccccc1)c1ccccc1. The molecule has 0 aliphatic carbocycles. The van der Waals surface area contributed by atoms with Crippen LogP contribution in [0.2, 0.25) is 0 Å². The molecule has 0 spiro atoms. The highest BCUT2D eigenvalue weighted by molar-refractivity contribution is 8.17. The molecule has 0 amide bonds. The molecule has 0 aromatic heterocycles. The summed E-state index contributed by atoms with van der Waals surface area (Å²) in [5.41, 5.74) is 2.32. The van der Waals surface area contributed by atoms with Crippen LogP contribution in [0.15, 0.2) is 121 Å². The third-order valence-electron chi connectivity index (χ3n) is 6.42. The Bertz CT molecular complexity index is 1430. The molecule has 1 aliphatic heterocycles. The van der Waals surface area contributed by atoms with Gasteiger partial charge in [0.1, 0.15) is 6.61 Å². The number of hydrogen-bond acceptors (Lipinski definition) is 8. The molecule has 8 heteroatoms. The van der Waals surface area contributed by atoms with Gasteiger partial charge in [-0.3, -0.25) is 0 Å². The van der Waals surface area contributed by atoms with Gasteiger partial charge in [-0.1, -0.05) is 84.9 Å². The number of benzene rings is 4. The van der Waals surface area contributed by atoms with E-state index < -0.39 is 35.4 Å². The minimum atomic E-state index is -0.850. The van der Waals surface area contributed by atoms with Crippen molar-refractivity contribution in [3.8, 4) is 0 Å². The van der Waals surface area contributed by atoms with Crippen LogP contribution in [0.25, 0.3) is 0 Å². The summed E-state index contributed by atoms with van der Waals surface area (Å²) in [5, 5.41) is -0.461. The Kier molecular flexibility index (Phi) is 9.78. The smallest absolute Gasteiger partial charge is 0.338 e. The van der Waals surface area contributed by atoms with Gasteiger partial charge in [-0.2, -0.15) is 0 Å². The monoisotopic (exact) mass is 584 g/mol. The Morgan fingerprint density at radius 1 is 0.585 bits per heavy atom. The van der Waals surface area contributed by atoms with Crippen molar-refractivity contribution in [2.45, 2.75) is 27.8 Å². The average molecular weight is 585 g/mol. The van der Waals surface area contributed by atoms with Crippen molar-refractivity contribution in [1.29, 1.82) is 0 Å². The maximum Gasteiger partial charge on any atom is 0.338 e. The number of esters is 3. The quantitative estimate of drug-likeness (QED) is 0.151. The Morgan fingerprint density at radius 3 is 1.54 bits per heavy atom. The zero-order chi connectivity index (χ0) is 28.4. The molecule has 0 N–H and O–H groups in total. The Hall–Kier alpha value is -4.01. The van der Waals surface area contributed by atoms with E-state index in [1.54, 1.807) is 84.6 Å². The first kappa shape index (κ1) is 28.5. The molecule has 208 valence electrons. The van der Waals surface area contributed by atoms with Crippen LogP contribution >= 0.6 is 23.5 Å². The Balaban J connectivity index is 1.40. The van der Waals surface area contributed by atoms with Crippen molar-refractivity contribution in [3.63, 3.8) is 0 Å². The van der Waals surface area contributed by atoms with Gasteiger partial charge in [0, 0.05) is 5.75 Å². The van der Waals surface area contributed by atoms with Crippen molar-refractivity contribution in [3.05, 3.63) is 144 Å². The van der Waals surface area contributed by atoms with E-state index in [1.165, 1.54) is 11.8 Å². The van der Waals surface area contributed by atoms with E-state index in [2.05, 4.69) is 0 Å². The molecule has 1 saturated heterocycles. The van der Waals surface area contributed by atoms with Gasteiger partial charge in [0.2, 0.25) is 0 Å². The van der Waals surface area contributed by atoms with Crippen LogP contribution in [0.5, 0.6) is 0 Å². The van der Waals surface area contributed by atoms with E-state index >= 15 is 0 Å². The summed E-state index contributed by atoms with van der Waals surface area (Å²) >= 11 is 3.09. The summed E-state index contributed by atoms with van der Waals surface area (Å²) < 4.78 is 17.5. The fourth-order valence-corrected chi connectivity index (χ4v) is 7.44. The van der Waals surface area contributed by atoms with Crippen LogP contribution in [0.4, 0.5) is 0 Å². The van der Waals surface area contributed by atoms with Gasteiger partial charge >= 0.3 is 17.9 Å². The summed E-state index contributed by atoms with van der Waals surface area (Å²) in [6.07, 6.45) is -1.63. The highest BCUT2D eigenvalue weighted by Gasteiger charge is 2.50. The molecular weight excluding hydrogens is 556 g/mol. The number of thioether (sulfide) groups is 2. The van der Waals surface area contributed by atoms with Gasteiger partial charge in [0.15, 0.2) is 12.2 Å². The predicted molar refractivity (Wildman–Crippen MR) is 161 cm³/mol. The number of hydrogen-bond donors (Lipinski definition) is 0. The molecule has 0 bridgehead atoms. The van der Waals surface area contributed by atoms with E-state index in [0.717, 1.165) is 5.56 Å². The fraction of sp³-hybridized carbons (Fsp3) is 0.182. The molecule has 4 aromatic carbocycles. The van der Waals surface area contributed by atoms with Crippen LogP contribution in [-0.2, 0) is 20.0 Å². The van der Waals surface area contributed by atoms with Gasteiger partial charge in [-0.05, 0) is 42.0 Å². The second kappa shape index (κ2) is 14.1. The average Bonchev–Trinajstić information content (AvgIpc) is 3.35. The lowest BCUT2D eigenvalue weighted by Gasteiger charge is -2.26. The Labute approximate surface area is 247 Å². The van der Waals surface area contributed by atoms with Crippen LogP contribution < -0.4 is 0 Å². The number of ether oxygens (including phenoxy) is 3. The number of carbonyl (C=O) groups excluding carboxylic acids is 3. The highest BCUT2D eigenvalue weighted by atomic mass is 32.2. The van der Waals surface area contributed by atoms with Crippen LogP contribution in [0.3, 0.4) is 0 Å². The fourth-order valence-electron chi connectivity index (χ4n) is 4.33. The lowest BCUT2D eigenvalue weighted by atomic mass is 10.1. The maximum absolute atomic E-state index is 13.2. The Morgan fingerprint density at radius 2 is 1.02 bits per heavy atom. The van der Waals surface area contributed by atoms with Crippen molar-refractivity contribution >= 4 is 41.4 Å². The highest BCUT2D eigenvalue weighted by Crippen LogP contribution is 2.45. The molecule has 5 rings (SSSR count). The predicted octanol–water partition coefficient (Wildman–Crippen LogP) is 6.67. The number of carbonyl (C=O) groups is 3. The zero-order valence-corrected chi connectivity index (χ0v) is 23.7. The zero-order valence-electron chi connectivity index (χ0n) is 22.0. The lowest BCUT2D eigenvalue weighted by molar-refractivity contribution is -0.0313. The largest absolute Gasteiger partial charge is 0.461 e. The molecule has 0 saturated carbocycles. The second-order valence-corrected chi connectivity index (χ2v) is 12.1. The molecule has 0 radical (unpaired) electrons. The molecule has 0 unspecified atom stereocenters. The third kappa shape index (κ3) is 7.60. The third-order valence-corrected chi connectivity index (χ3v) is 9.55. The van der Waals surface area contributed by atoms with Gasteiger partial charge in [-0.15, -0.1) is 23.5 Å². The molecule has 6 nitrogen and oxygen atoms in total. The minimum absolute atomic E-state index is 0.0209. The second-order valence-electron chi connectivity index (χ2n) is 9.28. The molecule has 1 heterocycles. The van der Waals surface area contributed by atoms with Crippen molar-refractivity contribution in [2.75, 3.05) is 6.61 Å². The topological polar surface area (TPSA) is 78.9 Å². The molecule has 41 heavy (non-hydrogen) atoms. The maximum atomic E-state index is 13.2. The van der Waals surface area contributed by atoms with Crippen LogP contribution in [0.1, 0.15) is 36.6 Å². The first-order valence-electron chi connectivity index (χ1n) is 13.1.